The monoisotopic (exact) mass is 381 g/mol. The quantitative estimate of drug-likeness (QED) is 0.566. The van der Waals surface area contributed by atoms with Crippen molar-refractivity contribution in [3.05, 3.63) is 41.5 Å². The smallest absolute Gasteiger partial charge is 0.387 e. The number of rotatable bonds is 7. The van der Waals surface area contributed by atoms with Gasteiger partial charge in [0.05, 0.1) is 13.1 Å². The van der Waals surface area contributed by atoms with Gasteiger partial charge >= 0.3 is 6.61 Å². The minimum absolute atomic E-state index is 0.111. The largest absolute Gasteiger partial charge is 0.434 e. The molecule has 9 heteroatoms. The molecule has 2 N–H and O–H groups in total. The lowest BCUT2D eigenvalue weighted by atomic mass is 9.97. The maximum Gasteiger partial charge on any atom is 0.387 e. The van der Waals surface area contributed by atoms with Crippen LogP contribution in [0.25, 0.3) is 0 Å². The highest BCUT2D eigenvalue weighted by atomic mass is 19.3. The molecule has 2 aromatic rings. The van der Waals surface area contributed by atoms with Gasteiger partial charge in [-0.15, -0.1) is 0 Å². The van der Waals surface area contributed by atoms with Crippen LogP contribution in [0.5, 0.6) is 5.75 Å². The van der Waals surface area contributed by atoms with E-state index in [1.54, 1.807) is 18.2 Å². The van der Waals surface area contributed by atoms with Crippen LogP contribution >= 0.6 is 0 Å². The molecule has 0 fully saturated rings. The summed E-state index contributed by atoms with van der Waals surface area (Å²) in [5.41, 5.74) is 0.336. The number of guanidine groups is 1. The summed E-state index contributed by atoms with van der Waals surface area (Å²) in [6.07, 6.45) is 0. The van der Waals surface area contributed by atoms with E-state index in [1.807, 2.05) is 27.7 Å². The Bertz CT molecular complexity index is 756. The van der Waals surface area contributed by atoms with Crippen molar-refractivity contribution in [2.75, 3.05) is 6.54 Å². The maximum absolute atomic E-state index is 12.5. The molecule has 0 amide bonds. The third kappa shape index (κ3) is 6.50. The first-order chi connectivity index (χ1) is 12.8. The molecule has 0 aliphatic carbocycles. The lowest BCUT2D eigenvalue weighted by Crippen LogP contribution is -2.37. The van der Waals surface area contributed by atoms with Crippen LogP contribution in [0.15, 0.2) is 33.8 Å². The first-order valence-corrected chi connectivity index (χ1v) is 8.67. The van der Waals surface area contributed by atoms with Gasteiger partial charge in [0.25, 0.3) is 0 Å². The highest BCUT2D eigenvalue weighted by Crippen LogP contribution is 2.21. The lowest BCUT2D eigenvalue weighted by Gasteiger charge is -2.12. The van der Waals surface area contributed by atoms with Gasteiger partial charge in [0.1, 0.15) is 5.75 Å². The molecule has 0 saturated carbocycles. The van der Waals surface area contributed by atoms with Gasteiger partial charge in [0.15, 0.2) is 11.8 Å². The van der Waals surface area contributed by atoms with Gasteiger partial charge in [-0.1, -0.05) is 44.1 Å². The van der Waals surface area contributed by atoms with Crippen LogP contribution in [-0.2, 0) is 18.5 Å². The molecule has 0 aliphatic heterocycles. The van der Waals surface area contributed by atoms with Crippen LogP contribution in [-0.4, -0.2) is 29.3 Å². The summed E-state index contributed by atoms with van der Waals surface area (Å²) >= 11 is 0. The predicted octanol–water partition coefficient (Wildman–Crippen LogP) is 3.22. The number of ether oxygens (including phenoxy) is 1. The van der Waals surface area contributed by atoms with Crippen molar-refractivity contribution in [1.29, 1.82) is 0 Å². The summed E-state index contributed by atoms with van der Waals surface area (Å²) in [6, 6.07) is 6.57. The predicted molar refractivity (Wildman–Crippen MR) is 97.7 cm³/mol. The van der Waals surface area contributed by atoms with Crippen LogP contribution in [0, 0.1) is 0 Å². The number of aromatic nitrogens is 2. The van der Waals surface area contributed by atoms with Crippen LogP contribution in [0.2, 0.25) is 0 Å². The average Bonchev–Trinajstić information content (AvgIpc) is 3.07. The average molecular weight is 381 g/mol. The molecule has 0 spiro atoms. The van der Waals surface area contributed by atoms with Crippen LogP contribution in [0.3, 0.4) is 0 Å². The van der Waals surface area contributed by atoms with Crippen LogP contribution < -0.4 is 15.4 Å². The van der Waals surface area contributed by atoms with E-state index in [0.29, 0.717) is 36.3 Å². The van der Waals surface area contributed by atoms with Gasteiger partial charge in [-0.25, -0.2) is 4.99 Å². The van der Waals surface area contributed by atoms with Gasteiger partial charge in [0.2, 0.25) is 5.89 Å². The van der Waals surface area contributed by atoms with E-state index >= 15 is 0 Å². The van der Waals surface area contributed by atoms with Crippen molar-refractivity contribution < 1.29 is 18.0 Å². The van der Waals surface area contributed by atoms with Crippen molar-refractivity contribution in [3.8, 4) is 5.75 Å². The Labute approximate surface area is 157 Å². The van der Waals surface area contributed by atoms with Gasteiger partial charge in [-0.3, -0.25) is 0 Å². The highest BCUT2D eigenvalue weighted by Gasteiger charge is 2.21. The van der Waals surface area contributed by atoms with Gasteiger partial charge in [0, 0.05) is 17.5 Å². The van der Waals surface area contributed by atoms with Crippen molar-refractivity contribution >= 4 is 5.96 Å². The number of aliphatic imine (C=N–C) groups is 1. The Balaban J connectivity index is 2.03. The Morgan fingerprint density at radius 2 is 2.00 bits per heavy atom. The summed E-state index contributed by atoms with van der Waals surface area (Å²) in [5, 5.41) is 10.1. The van der Waals surface area contributed by atoms with Crippen molar-refractivity contribution in [1.82, 2.24) is 20.8 Å². The minimum Gasteiger partial charge on any atom is -0.434 e. The molecule has 1 aromatic carbocycles. The maximum atomic E-state index is 12.5. The van der Waals surface area contributed by atoms with E-state index in [-0.39, 0.29) is 17.7 Å². The molecule has 0 radical (unpaired) electrons. The van der Waals surface area contributed by atoms with Crippen molar-refractivity contribution in [2.24, 2.45) is 4.99 Å². The van der Waals surface area contributed by atoms with Crippen molar-refractivity contribution in [2.45, 2.75) is 52.8 Å². The third-order valence-electron chi connectivity index (χ3n) is 3.46. The number of hydrogen-bond donors (Lipinski definition) is 2. The van der Waals surface area contributed by atoms with E-state index in [2.05, 4.69) is 30.5 Å². The van der Waals surface area contributed by atoms with Crippen molar-refractivity contribution in [3.63, 3.8) is 0 Å². The molecule has 0 aliphatic rings. The molecule has 27 heavy (non-hydrogen) atoms. The van der Waals surface area contributed by atoms with E-state index in [1.165, 1.54) is 6.07 Å². The van der Waals surface area contributed by atoms with E-state index in [4.69, 9.17) is 4.52 Å². The molecule has 2 rings (SSSR count). The lowest BCUT2D eigenvalue weighted by molar-refractivity contribution is -0.0504. The standard InChI is InChI=1S/C18H25F2N5O2/c1-5-21-17(23-11-14-24-15(27-25-14)18(2,3)4)22-10-12-8-6-7-9-13(12)26-16(19)20/h6-9,16H,5,10-11H2,1-4H3,(H2,21,22,23). The summed E-state index contributed by atoms with van der Waals surface area (Å²) in [7, 11) is 0. The second-order valence-electron chi connectivity index (χ2n) is 6.80. The number of hydrogen-bond acceptors (Lipinski definition) is 5. The van der Waals surface area contributed by atoms with E-state index < -0.39 is 6.61 Å². The molecule has 0 bridgehead atoms. The van der Waals surface area contributed by atoms with E-state index in [0.717, 1.165) is 0 Å². The van der Waals surface area contributed by atoms with Gasteiger partial charge in [-0.05, 0) is 13.0 Å². The van der Waals surface area contributed by atoms with E-state index in [9.17, 15) is 8.78 Å². The number of para-hydroxylation sites is 1. The third-order valence-corrected chi connectivity index (χ3v) is 3.46. The number of nitrogens with zero attached hydrogens (tertiary/aromatic N) is 3. The fraction of sp³-hybridized carbons (Fsp3) is 0.500. The normalized spacial score (nSPS) is 12.3. The number of nitrogens with one attached hydrogen (secondary N) is 2. The number of benzene rings is 1. The zero-order chi connectivity index (χ0) is 19.9. The second kappa shape index (κ2) is 9.29. The highest BCUT2D eigenvalue weighted by molar-refractivity contribution is 5.79. The fourth-order valence-corrected chi connectivity index (χ4v) is 2.14. The molecular formula is C18H25F2N5O2. The van der Waals surface area contributed by atoms with Crippen LogP contribution in [0.4, 0.5) is 8.78 Å². The molecule has 7 nitrogen and oxygen atoms in total. The first-order valence-electron chi connectivity index (χ1n) is 8.67. The van der Waals surface area contributed by atoms with Gasteiger partial charge in [-0.2, -0.15) is 13.8 Å². The minimum atomic E-state index is -2.88. The Kier molecular flexibility index (Phi) is 7.09. The number of halogens is 2. The SMILES string of the molecule is CCNC(=NCc1ccccc1OC(F)F)NCc1noc(C(C)(C)C)n1. The zero-order valence-electron chi connectivity index (χ0n) is 15.9. The van der Waals surface area contributed by atoms with Crippen LogP contribution in [0.1, 0.15) is 45.0 Å². The molecule has 0 saturated heterocycles. The molecule has 0 atom stereocenters. The summed E-state index contributed by atoms with van der Waals surface area (Å²) in [5.74, 6) is 1.68. The Morgan fingerprint density at radius 1 is 1.26 bits per heavy atom. The first kappa shape index (κ1) is 20.6. The summed E-state index contributed by atoms with van der Waals surface area (Å²) < 4.78 is 34.8. The molecule has 0 unspecified atom stereocenters. The second-order valence-corrected chi connectivity index (χ2v) is 6.80. The molecule has 148 valence electrons. The summed E-state index contributed by atoms with van der Waals surface area (Å²) in [4.78, 5) is 8.76. The van der Waals surface area contributed by atoms with Gasteiger partial charge < -0.3 is 19.9 Å². The molecule has 1 heterocycles. The molecular weight excluding hydrogens is 356 g/mol. The molecule has 1 aromatic heterocycles. The Hall–Kier alpha value is -2.71. The fourth-order valence-electron chi connectivity index (χ4n) is 2.14. The topological polar surface area (TPSA) is 84.6 Å². The summed E-state index contributed by atoms with van der Waals surface area (Å²) in [6.45, 7) is 6.15. The zero-order valence-corrected chi connectivity index (χ0v) is 15.9. The Morgan fingerprint density at radius 3 is 2.63 bits per heavy atom. The number of alkyl halides is 2.